The molecule has 2 rings (SSSR count). The zero-order chi connectivity index (χ0) is 14.7. The van der Waals surface area contributed by atoms with E-state index in [1.807, 2.05) is 24.3 Å². The third-order valence-electron chi connectivity index (χ3n) is 2.80. The number of benzene rings is 1. The summed E-state index contributed by atoms with van der Waals surface area (Å²) in [6.07, 6.45) is 1.43. The molecular formula is C14H13BrClN3O. The molecule has 1 aromatic carbocycles. The van der Waals surface area contributed by atoms with Crippen molar-refractivity contribution >= 4 is 39.3 Å². The number of anilines is 1. The number of pyridine rings is 1. The number of carbonyl (C=O) groups excluding carboxylic acids is 1. The van der Waals surface area contributed by atoms with Crippen molar-refractivity contribution in [1.82, 2.24) is 9.88 Å². The number of hydrogen-bond donors (Lipinski definition) is 1. The predicted molar refractivity (Wildman–Crippen MR) is 83.6 cm³/mol. The molecule has 0 fully saturated rings. The van der Waals surface area contributed by atoms with Crippen molar-refractivity contribution in [2.24, 2.45) is 0 Å². The van der Waals surface area contributed by atoms with Crippen LogP contribution in [0.3, 0.4) is 0 Å². The van der Waals surface area contributed by atoms with Gasteiger partial charge in [-0.15, -0.1) is 0 Å². The van der Waals surface area contributed by atoms with Crippen molar-refractivity contribution in [1.29, 1.82) is 0 Å². The summed E-state index contributed by atoms with van der Waals surface area (Å²) in [5.41, 5.74) is 6.99. The lowest BCUT2D eigenvalue weighted by molar-refractivity contribution is 0.0784. The second-order valence-corrected chi connectivity index (χ2v) is 5.70. The third-order valence-corrected chi connectivity index (χ3v) is 3.63. The van der Waals surface area contributed by atoms with Gasteiger partial charge < -0.3 is 10.6 Å². The molecule has 2 N–H and O–H groups in total. The molecule has 0 spiro atoms. The van der Waals surface area contributed by atoms with Gasteiger partial charge in [-0.2, -0.15) is 0 Å². The molecule has 0 saturated carbocycles. The van der Waals surface area contributed by atoms with Gasteiger partial charge in [0.15, 0.2) is 0 Å². The normalized spacial score (nSPS) is 10.3. The molecule has 0 radical (unpaired) electrons. The molecule has 0 unspecified atom stereocenters. The zero-order valence-corrected chi connectivity index (χ0v) is 13.1. The first-order chi connectivity index (χ1) is 9.47. The maximum absolute atomic E-state index is 12.3. The van der Waals surface area contributed by atoms with Crippen molar-refractivity contribution < 1.29 is 4.79 Å². The fourth-order valence-electron chi connectivity index (χ4n) is 1.72. The molecule has 0 saturated heterocycles. The minimum atomic E-state index is -0.151. The quantitative estimate of drug-likeness (QED) is 0.919. The highest BCUT2D eigenvalue weighted by molar-refractivity contribution is 9.10. The Bertz CT molecular complexity index is 631. The van der Waals surface area contributed by atoms with E-state index in [4.69, 9.17) is 17.3 Å². The van der Waals surface area contributed by atoms with E-state index in [-0.39, 0.29) is 16.7 Å². The van der Waals surface area contributed by atoms with E-state index in [0.29, 0.717) is 12.1 Å². The van der Waals surface area contributed by atoms with E-state index in [1.165, 1.54) is 12.3 Å². The molecular weight excluding hydrogens is 342 g/mol. The van der Waals surface area contributed by atoms with Gasteiger partial charge in [0.2, 0.25) is 0 Å². The van der Waals surface area contributed by atoms with Gasteiger partial charge in [-0.3, -0.25) is 4.79 Å². The van der Waals surface area contributed by atoms with Crippen LogP contribution in [-0.4, -0.2) is 22.8 Å². The van der Waals surface area contributed by atoms with Crippen LogP contribution in [0.15, 0.2) is 41.0 Å². The van der Waals surface area contributed by atoms with Crippen molar-refractivity contribution in [2.75, 3.05) is 12.8 Å². The summed E-state index contributed by atoms with van der Waals surface area (Å²) in [6.45, 7) is 0.508. The van der Waals surface area contributed by atoms with Gasteiger partial charge in [-0.05, 0) is 23.8 Å². The highest BCUT2D eigenvalue weighted by atomic mass is 79.9. The zero-order valence-electron chi connectivity index (χ0n) is 10.8. The molecule has 0 aliphatic rings. The van der Waals surface area contributed by atoms with Crippen LogP contribution in [0.1, 0.15) is 15.9 Å². The molecule has 0 bridgehead atoms. The average molecular weight is 355 g/mol. The SMILES string of the molecule is CN(Cc1ccc(Br)cc1)C(=O)c1cnc(N)c(Cl)c1. The first-order valence-electron chi connectivity index (χ1n) is 5.88. The van der Waals surface area contributed by atoms with Crippen LogP contribution >= 0.6 is 27.5 Å². The lowest BCUT2D eigenvalue weighted by Gasteiger charge is -2.17. The summed E-state index contributed by atoms with van der Waals surface area (Å²) >= 11 is 9.25. The second-order valence-electron chi connectivity index (χ2n) is 4.38. The van der Waals surface area contributed by atoms with Crippen molar-refractivity contribution in [3.63, 3.8) is 0 Å². The average Bonchev–Trinajstić information content (AvgIpc) is 2.43. The molecule has 20 heavy (non-hydrogen) atoms. The molecule has 6 heteroatoms. The second kappa shape index (κ2) is 6.24. The standard InChI is InChI=1S/C14H13BrClN3O/c1-19(8-9-2-4-11(15)5-3-9)14(20)10-6-12(16)13(17)18-7-10/h2-7H,8H2,1H3,(H2,17,18). The first kappa shape index (κ1) is 14.8. The molecule has 1 amide bonds. The van der Waals surface area contributed by atoms with Gasteiger partial charge in [-0.1, -0.05) is 39.7 Å². The summed E-state index contributed by atoms with van der Waals surface area (Å²) in [4.78, 5) is 17.8. The Hall–Kier alpha value is -1.59. The minimum absolute atomic E-state index is 0.151. The molecule has 104 valence electrons. The van der Waals surface area contributed by atoms with E-state index < -0.39 is 0 Å². The lowest BCUT2D eigenvalue weighted by Crippen LogP contribution is -2.26. The van der Waals surface area contributed by atoms with Crippen LogP contribution in [0.5, 0.6) is 0 Å². The van der Waals surface area contributed by atoms with Gasteiger partial charge in [0.05, 0.1) is 10.6 Å². The number of nitrogen functional groups attached to an aromatic ring is 1. The number of carbonyl (C=O) groups is 1. The first-order valence-corrected chi connectivity index (χ1v) is 7.05. The predicted octanol–water partition coefficient (Wildman–Crippen LogP) is 3.35. The van der Waals surface area contributed by atoms with Crippen LogP contribution in [0.25, 0.3) is 0 Å². The Kier molecular flexibility index (Phi) is 4.62. The van der Waals surface area contributed by atoms with Crippen LogP contribution in [0.4, 0.5) is 5.82 Å². The van der Waals surface area contributed by atoms with Gasteiger partial charge in [0.1, 0.15) is 5.82 Å². The largest absolute Gasteiger partial charge is 0.382 e. The molecule has 1 heterocycles. The summed E-state index contributed by atoms with van der Waals surface area (Å²) < 4.78 is 1.00. The van der Waals surface area contributed by atoms with E-state index in [1.54, 1.807) is 11.9 Å². The number of nitrogens with two attached hydrogens (primary N) is 1. The van der Waals surface area contributed by atoms with Crippen LogP contribution in [0.2, 0.25) is 5.02 Å². The molecule has 0 aliphatic heterocycles. The lowest BCUT2D eigenvalue weighted by atomic mass is 10.2. The molecule has 1 aromatic heterocycles. The summed E-state index contributed by atoms with van der Waals surface area (Å²) in [5, 5.41) is 0.285. The van der Waals surface area contributed by atoms with Crippen LogP contribution in [0, 0.1) is 0 Å². The van der Waals surface area contributed by atoms with Crippen molar-refractivity contribution in [3.05, 3.63) is 57.2 Å². The van der Waals surface area contributed by atoms with Crippen molar-refractivity contribution in [3.8, 4) is 0 Å². The summed E-state index contributed by atoms with van der Waals surface area (Å²) in [7, 11) is 1.73. The topological polar surface area (TPSA) is 59.2 Å². The fourth-order valence-corrected chi connectivity index (χ4v) is 2.15. The maximum Gasteiger partial charge on any atom is 0.255 e. The van der Waals surface area contributed by atoms with E-state index in [0.717, 1.165) is 10.0 Å². The van der Waals surface area contributed by atoms with Crippen molar-refractivity contribution in [2.45, 2.75) is 6.54 Å². The highest BCUT2D eigenvalue weighted by Gasteiger charge is 2.14. The molecule has 2 aromatic rings. The Morgan fingerprint density at radius 3 is 2.65 bits per heavy atom. The molecule has 4 nitrogen and oxygen atoms in total. The van der Waals surface area contributed by atoms with Gasteiger partial charge in [0.25, 0.3) is 5.91 Å². The highest BCUT2D eigenvalue weighted by Crippen LogP contribution is 2.18. The van der Waals surface area contributed by atoms with Crippen LogP contribution < -0.4 is 5.73 Å². The number of rotatable bonds is 3. The summed E-state index contributed by atoms with van der Waals surface area (Å²) in [5.74, 6) is 0.0705. The van der Waals surface area contributed by atoms with E-state index in [9.17, 15) is 4.79 Å². The smallest absolute Gasteiger partial charge is 0.255 e. The van der Waals surface area contributed by atoms with Crippen LogP contribution in [-0.2, 0) is 6.54 Å². The van der Waals surface area contributed by atoms with Gasteiger partial charge in [-0.25, -0.2) is 4.98 Å². The van der Waals surface area contributed by atoms with Gasteiger partial charge >= 0.3 is 0 Å². The third kappa shape index (κ3) is 3.49. The maximum atomic E-state index is 12.3. The Labute approximate surface area is 130 Å². The summed E-state index contributed by atoms with van der Waals surface area (Å²) in [6, 6.07) is 9.33. The Morgan fingerprint density at radius 2 is 2.05 bits per heavy atom. The Morgan fingerprint density at radius 1 is 1.40 bits per heavy atom. The fraction of sp³-hybridized carbons (Fsp3) is 0.143. The van der Waals surface area contributed by atoms with E-state index in [2.05, 4.69) is 20.9 Å². The number of aromatic nitrogens is 1. The number of amides is 1. The minimum Gasteiger partial charge on any atom is -0.382 e. The van der Waals surface area contributed by atoms with Gasteiger partial charge in [0, 0.05) is 24.3 Å². The molecule has 0 atom stereocenters. The number of hydrogen-bond acceptors (Lipinski definition) is 3. The number of halogens is 2. The molecule has 0 aliphatic carbocycles. The van der Waals surface area contributed by atoms with E-state index >= 15 is 0 Å². The Balaban J connectivity index is 2.11. The monoisotopic (exact) mass is 353 g/mol. The number of nitrogens with zero attached hydrogens (tertiary/aromatic N) is 2.